The summed E-state index contributed by atoms with van der Waals surface area (Å²) in [6.45, 7) is 6.06. The third kappa shape index (κ3) is 4.98. The Hall–Kier alpha value is -3.52. The predicted molar refractivity (Wildman–Crippen MR) is 139 cm³/mol. The highest BCUT2D eigenvalue weighted by Crippen LogP contribution is 2.46. The van der Waals surface area contributed by atoms with Crippen LogP contribution in [0, 0.1) is 13.8 Å². The van der Waals surface area contributed by atoms with Crippen molar-refractivity contribution < 1.29 is 19.1 Å². The van der Waals surface area contributed by atoms with Gasteiger partial charge in [-0.25, -0.2) is 9.79 Å². The van der Waals surface area contributed by atoms with E-state index in [-0.39, 0.29) is 12.3 Å². The van der Waals surface area contributed by atoms with Crippen molar-refractivity contribution in [2.75, 3.05) is 19.5 Å². The number of rotatable bonds is 7. The number of fused-ring (bicyclic) bond motifs is 1. The lowest BCUT2D eigenvalue weighted by atomic mass is 9.89. The van der Waals surface area contributed by atoms with Gasteiger partial charge in [-0.1, -0.05) is 42.4 Å². The van der Waals surface area contributed by atoms with Gasteiger partial charge in [0, 0.05) is 11.4 Å². The van der Waals surface area contributed by atoms with Crippen LogP contribution in [0.15, 0.2) is 69.8 Å². The lowest BCUT2D eigenvalue weighted by Crippen LogP contribution is -2.38. The average Bonchev–Trinajstić information content (AvgIpc) is 3.25. The van der Waals surface area contributed by atoms with Crippen LogP contribution in [-0.2, 0) is 14.3 Å². The lowest BCUT2D eigenvalue weighted by Gasteiger charge is -2.37. The van der Waals surface area contributed by atoms with E-state index in [2.05, 4.69) is 11.4 Å². The Morgan fingerprint density at radius 2 is 1.86 bits per heavy atom. The molecule has 1 atom stereocenters. The average molecular weight is 492 g/mol. The summed E-state index contributed by atoms with van der Waals surface area (Å²) in [5.41, 5.74) is 5.86. The van der Waals surface area contributed by atoms with Crippen LogP contribution in [0.4, 0.5) is 5.69 Å². The zero-order chi connectivity index (χ0) is 25.1. The van der Waals surface area contributed by atoms with Gasteiger partial charge in [-0.15, -0.1) is 0 Å². The zero-order valence-corrected chi connectivity index (χ0v) is 21.4. The van der Waals surface area contributed by atoms with E-state index >= 15 is 0 Å². The number of allylic oxidation sites excluding steroid dienone is 1. The van der Waals surface area contributed by atoms with Crippen LogP contribution in [0.1, 0.15) is 42.5 Å². The maximum atomic E-state index is 13.0. The molecule has 0 spiro atoms. The van der Waals surface area contributed by atoms with E-state index in [9.17, 15) is 9.59 Å². The number of nitrogens with zero attached hydrogens (tertiary/aromatic N) is 2. The van der Waals surface area contributed by atoms with Gasteiger partial charge in [0.15, 0.2) is 5.17 Å². The van der Waals surface area contributed by atoms with E-state index in [0.29, 0.717) is 23.4 Å². The van der Waals surface area contributed by atoms with E-state index in [1.165, 1.54) is 18.9 Å². The molecule has 2 aromatic rings. The molecular weight excluding hydrogens is 462 g/mol. The summed E-state index contributed by atoms with van der Waals surface area (Å²) in [4.78, 5) is 32.8. The number of ether oxygens (including phenoxy) is 2. The number of hydrogen-bond acceptors (Lipinski definition) is 7. The molecule has 1 amide bonds. The molecule has 4 rings (SSSR count). The highest BCUT2D eigenvalue weighted by Gasteiger charge is 2.42. The Balaban J connectivity index is 1.68. The molecule has 0 bridgehead atoms. The molecule has 0 radical (unpaired) electrons. The Kier molecular flexibility index (Phi) is 7.31. The van der Waals surface area contributed by atoms with E-state index in [1.807, 2.05) is 43.2 Å². The number of nitrogens with one attached hydrogen (secondary N) is 1. The molecule has 0 saturated carbocycles. The van der Waals surface area contributed by atoms with Gasteiger partial charge < -0.3 is 19.7 Å². The number of amidine groups is 1. The number of carbonyl (C=O) groups excluding carboxylic acids is 2. The molecule has 0 aliphatic carbocycles. The van der Waals surface area contributed by atoms with E-state index in [1.54, 1.807) is 31.4 Å². The number of esters is 1. The van der Waals surface area contributed by atoms with Gasteiger partial charge in [0.05, 0.1) is 38.0 Å². The Bertz CT molecular complexity index is 1250. The molecular formula is C27H29N3O4S. The number of benzene rings is 2. The number of hydrogen-bond donors (Lipinski definition) is 1. The van der Waals surface area contributed by atoms with Crippen molar-refractivity contribution in [3.05, 3.63) is 81.5 Å². The Labute approximate surface area is 209 Å². The molecule has 0 unspecified atom stereocenters. The molecule has 0 fully saturated rings. The molecule has 0 aromatic heterocycles. The van der Waals surface area contributed by atoms with Crippen LogP contribution >= 0.6 is 11.8 Å². The quantitative estimate of drug-likeness (QED) is 0.517. The number of carbonyl (C=O) groups is 2. The lowest BCUT2D eigenvalue weighted by molar-refractivity contribution is -0.136. The largest absolute Gasteiger partial charge is 0.497 e. The second-order valence-corrected chi connectivity index (χ2v) is 9.25. The fourth-order valence-electron chi connectivity index (χ4n) is 4.38. The van der Waals surface area contributed by atoms with Crippen molar-refractivity contribution in [3.8, 4) is 5.75 Å². The van der Waals surface area contributed by atoms with Crippen molar-refractivity contribution in [1.29, 1.82) is 0 Å². The second kappa shape index (κ2) is 10.4. The summed E-state index contributed by atoms with van der Waals surface area (Å²) >= 11 is 1.47. The summed E-state index contributed by atoms with van der Waals surface area (Å²) in [5.74, 6) is 0.151. The SMILES string of the molecule is CCC1=C(C(=O)OC)[C@H](c2ccc(C)cc2C)N2C(CC(=O)Nc3ccc(OC)cc3)=CSC2=N1. The van der Waals surface area contributed by atoms with Gasteiger partial charge in [0.25, 0.3) is 0 Å². The van der Waals surface area contributed by atoms with Crippen LogP contribution in [0.3, 0.4) is 0 Å². The van der Waals surface area contributed by atoms with Gasteiger partial charge in [0.1, 0.15) is 5.75 Å². The maximum absolute atomic E-state index is 13.0. The van der Waals surface area contributed by atoms with Crippen LogP contribution in [0.25, 0.3) is 0 Å². The minimum Gasteiger partial charge on any atom is -0.497 e. The number of methoxy groups -OCH3 is 2. The molecule has 7 nitrogen and oxygen atoms in total. The van der Waals surface area contributed by atoms with Crippen LogP contribution in [0.5, 0.6) is 5.75 Å². The minimum atomic E-state index is -0.430. The zero-order valence-electron chi connectivity index (χ0n) is 20.5. The first-order valence-electron chi connectivity index (χ1n) is 11.4. The third-order valence-electron chi connectivity index (χ3n) is 6.06. The van der Waals surface area contributed by atoms with E-state index in [4.69, 9.17) is 14.5 Å². The first-order chi connectivity index (χ1) is 16.9. The number of aliphatic imine (C=N–C) groups is 1. The first kappa shape index (κ1) is 24.6. The van der Waals surface area contributed by atoms with Crippen molar-refractivity contribution in [2.24, 2.45) is 4.99 Å². The van der Waals surface area contributed by atoms with Crippen LogP contribution in [0.2, 0.25) is 0 Å². The normalized spacial score (nSPS) is 16.9. The molecule has 2 heterocycles. The standard InChI is InChI=1S/C27H29N3O4S/c1-6-22-24(26(32)34-5)25(21-12-7-16(2)13-17(21)3)30-19(15-35-27(30)29-22)14-23(31)28-18-8-10-20(33-4)11-9-18/h7-13,15,25H,6,14H2,1-5H3,(H,28,31)/t25-/m0/s1. The summed E-state index contributed by atoms with van der Waals surface area (Å²) in [5, 5.41) is 5.64. The molecule has 8 heteroatoms. The van der Waals surface area contributed by atoms with Crippen molar-refractivity contribution in [2.45, 2.75) is 39.7 Å². The van der Waals surface area contributed by atoms with Gasteiger partial charge in [0.2, 0.25) is 5.91 Å². The topological polar surface area (TPSA) is 80.2 Å². The minimum absolute atomic E-state index is 0.134. The fourth-order valence-corrected chi connectivity index (χ4v) is 5.32. The Morgan fingerprint density at radius 1 is 1.11 bits per heavy atom. The molecule has 35 heavy (non-hydrogen) atoms. The first-order valence-corrected chi connectivity index (χ1v) is 12.3. The molecule has 2 aliphatic rings. The monoisotopic (exact) mass is 491 g/mol. The number of thioether (sulfide) groups is 1. The highest BCUT2D eigenvalue weighted by molar-refractivity contribution is 8.16. The summed E-state index contributed by atoms with van der Waals surface area (Å²) in [7, 11) is 2.99. The third-order valence-corrected chi connectivity index (χ3v) is 6.95. The van der Waals surface area contributed by atoms with E-state index in [0.717, 1.165) is 33.3 Å². The second-order valence-electron chi connectivity index (χ2n) is 8.41. The highest BCUT2D eigenvalue weighted by atomic mass is 32.2. The van der Waals surface area contributed by atoms with Crippen molar-refractivity contribution in [3.63, 3.8) is 0 Å². The summed E-state index contributed by atoms with van der Waals surface area (Å²) in [6.07, 6.45) is 0.729. The molecule has 0 saturated heterocycles. The summed E-state index contributed by atoms with van der Waals surface area (Å²) < 4.78 is 10.4. The number of anilines is 1. The number of aryl methyl sites for hydroxylation is 2. The van der Waals surface area contributed by atoms with Crippen molar-refractivity contribution in [1.82, 2.24) is 4.90 Å². The molecule has 1 N–H and O–H groups in total. The van der Waals surface area contributed by atoms with Gasteiger partial charge in [-0.2, -0.15) is 0 Å². The van der Waals surface area contributed by atoms with Crippen LogP contribution in [-0.4, -0.2) is 36.2 Å². The summed E-state index contributed by atoms with van der Waals surface area (Å²) in [6, 6.07) is 12.9. The smallest absolute Gasteiger partial charge is 0.338 e. The molecule has 182 valence electrons. The number of amides is 1. The molecule has 2 aliphatic heterocycles. The molecule has 2 aromatic carbocycles. The fraction of sp³-hybridized carbons (Fsp3) is 0.296. The van der Waals surface area contributed by atoms with E-state index < -0.39 is 12.0 Å². The van der Waals surface area contributed by atoms with Gasteiger partial charge in [-0.05, 0) is 61.1 Å². The predicted octanol–water partition coefficient (Wildman–Crippen LogP) is 5.48. The van der Waals surface area contributed by atoms with Gasteiger partial charge >= 0.3 is 5.97 Å². The van der Waals surface area contributed by atoms with Crippen molar-refractivity contribution >= 4 is 34.5 Å². The maximum Gasteiger partial charge on any atom is 0.338 e. The van der Waals surface area contributed by atoms with Crippen LogP contribution < -0.4 is 10.1 Å². The Morgan fingerprint density at radius 3 is 2.49 bits per heavy atom. The van der Waals surface area contributed by atoms with Gasteiger partial charge in [-0.3, -0.25) is 4.79 Å².